The fraction of sp³-hybridized carbons (Fsp3) is 0.158. The van der Waals surface area contributed by atoms with E-state index in [2.05, 4.69) is 25.5 Å². The van der Waals surface area contributed by atoms with Gasteiger partial charge >= 0.3 is 0 Å². The Hall–Kier alpha value is -3.66. The molecule has 29 heavy (non-hydrogen) atoms. The summed E-state index contributed by atoms with van der Waals surface area (Å²) in [6, 6.07) is 11.1. The van der Waals surface area contributed by atoms with Crippen LogP contribution in [-0.4, -0.2) is 40.7 Å². The number of aromatic nitrogens is 2. The molecule has 4 aromatic rings. The molecule has 9 nitrogen and oxygen atoms in total. The monoisotopic (exact) mass is 409 g/mol. The first-order chi connectivity index (χ1) is 14.2. The number of carbonyl (C=O) groups is 1. The average molecular weight is 409 g/mol. The number of anilines is 1. The molecule has 3 heterocycles. The van der Waals surface area contributed by atoms with Crippen molar-refractivity contribution in [3.63, 3.8) is 0 Å². The number of ether oxygens (including phenoxy) is 2. The van der Waals surface area contributed by atoms with Crippen LogP contribution in [0.1, 0.15) is 0 Å². The number of amides is 1. The van der Waals surface area contributed by atoms with Crippen molar-refractivity contribution < 1.29 is 19.4 Å². The summed E-state index contributed by atoms with van der Waals surface area (Å²) in [5, 5.41) is 22.0. The Bertz CT molecular complexity index is 1230. The zero-order valence-electron chi connectivity index (χ0n) is 15.0. The second kappa shape index (κ2) is 7.06. The van der Waals surface area contributed by atoms with E-state index in [9.17, 15) is 9.90 Å². The van der Waals surface area contributed by atoms with Crippen LogP contribution in [0, 0.1) is 0 Å². The number of benzene rings is 2. The van der Waals surface area contributed by atoms with Crippen molar-refractivity contribution in [1.29, 1.82) is 0 Å². The van der Waals surface area contributed by atoms with Gasteiger partial charge in [0.25, 0.3) is 5.91 Å². The molecule has 0 radical (unpaired) electrons. The van der Waals surface area contributed by atoms with Crippen molar-refractivity contribution in [3.05, 3.63) is 36.4 Å². The molecule has 1 amide bonds. The quantitative estimate of drug-likeness (QED) is 0.439. The molecule has 10 heteroatoms. The van der Waals surface area contributed by atoms with Crippen LogP contribution in [0.5, 0.6) is 17.4 Å². The van der Waals surface area contributed by atoms with E-state index in [1.54, 1.807) is 12.1 Å². The van der Waals surface area contributed by atoms with E-state index in [-0.39, 0.29) is 18.1 Å². The van der Waals surface area contributed by atoms with E-state index in [4.69, 9.17) is 9.47 Å². The van der Waals surface area contributed by atoms with Gasteiger partial charge in [0, 0.05) is 11.5 Å². The molecule has 0 saturated carbocycles. The Morgan fingerprint density at radius 3 is 2.86 bits per heavy atom. The fourth-order valence-corrected chi connectivity index (χ4v) is 3.91. The Kier molecular flexibility index (Phi) is 4.24. The lowest BCUT2D eigenvalue weighted by molar-refractivity contribution is -0.116. The molecule has 1 aliphatic heterocycles. The summed E-state index contributed by atoms with van der Waals surface area (Å²) in [6.45, 7) is 0.856. The van der Waals surface area contributed by atoms with Gasteiger partial charge in [0.05, 0.1) is 15.7 Å². The smallest absolute Gasteiger partial charge is 0.283 e. The minimum atomic E-state index is -0.490. The average Bonchev–Trinajstić information content (AvgIpc) is 3.28. The van der Waals surface area contributed by atoms with Crippen LogP contribution < -0.4 is 14.8 Å². The van der Waals surface area contributed by atoms with Crippen LogP contribution in [-0.2, 0) is 4.79 Å². The lowest BCUT2D eigenvalue weighted by atomic mass is 10.2. The first kappa shape index (κ1) is 17.4. The molecule has 0 fully saturated rings. The van der Waals surface area contributed by atoms with Gasteiger partial charge in [-0.05, 0) is 18.2 Å². The molecule has 0 saturated heterocycles. The first-order valence-electron chi connectivity index (χ1n) is 8.86. The molecule has 1 aliphatic rings. The number of aromatic hydroxyl groups is 1. The molecular weight excluding hydrogens is 394 g/mol. The van der Waals surface area contributed by atoms with Crippen LogP contribution in [0.2, 0.25) is 0 Å². The number of hydrogen-bond acceptors (Lipinski definition) is 8. The van der Waals surface area contributed by atoms with E-state index >= 15 is 0 Å². The third-order valence-corrected chi connectivity index (χ3v) is 5.36. The summed E-state index contributed by atoms with van der Waals surface area (Å²) < 4.78 is 12.1. The number of thiazole rings is 1. The minimum Gasteiger partial charge on any atom is -0.493 e. The number of aromatic amines is 1. The Morgan fingerprint density at radius 2 is 2.03 bits per heavy atom. The number of carbonyl (C=O) groups excluding carboxylic acids is 1. The van der Waals surface area contributed by atoms with Crippen molar-refractivity contribution in [2.75, 3.05) is 25.1 Å². The van der Waals surface area contributed by atoms with Crippen molar-refractivity contribution in [2.45, 2.75) is 0 Å². The molecule has 2 aromatic heterocycles. The van der Waals surface area contributed by atoms with Gasteiger partial charge in [-0.15, -0.1) is 10.2 Å². The molecule has 0 aliphatic carbocycles. The topological polar surface area (TPSA) is 121 Å². The van der Waals surface area contributed by atoms with E-state index in [0.29, 0.717) is 40.7 Å². The van der Waals surface area contributed by atoms with Crippen LogP contribution in [0.25, 0.3) is 21.1 Å². The third-order valence-electron chi connectivity index (χ3n) is 4.36. The minimum absolute atomic E-state index is 0.0568. The van der Waals surface area contributed by atoms with E-state index in [1.165, 1.54) is 11.3 Å². The molecule has 5 rings (SSSR count). The predicted molar refractivity (Wildman–Crippen MR) is 109 cm³/mol. The summed E-state index contributed by atoms with van der Waals surface area (Å²) in [5.74, 6) is 0.473. The summed E-state index contributed by atoms with van der Waals surface area (Å²) in [6.07, 6.45) is 0. The highest BCUT2D eigenvalue weighted by Gasteiger charge is 2.18. The maximum atomic E-state index is 12.1. The van der Waals surface area contributed by atoms with E-state index in [0.717, 1.165) is 10.2 Å². The zero-order chi connectivity index (χ0) is 19.8. The third kappa shape index (κ3) is 3.34. The highest BCUT2D eigenvalue weighted by molar-refractivity contribution is 7.22. The highest BCUT2D eigenvalue weighted by Crippen LogP contribution is 2.42. The second-order valence-corrected chi connectivity index (χ2v) is 7.33. The van der Waals surface area contributed by atoms with E-state index < -0.39 is 5.91 Å². The van der Waals surface area contributed by atoms with Crippen LogP contribution in [0.3, 0.4) is 0 Å². The standard InChI is InChI=1S/C19H15N5O4S/c25-16(9-20-19-22-11-3-1-2-4-15(11)29-19)23-24-17-10-7-13-14(28-6-5-27-13)8-12(10)21-18(17)26/h1-4,7-8,21,26H,5-6,9H2,(H,20,22). The number of nitrogens with one attached hydrogen (secondary N) is 2. The lowest BCUT2D eigenvalue weighted by Crippen LogP contribution is -2.15. The number of H-pyrrole nitrogens is 1. The van der Waals surface area contributed by atoms with Gasteiger partial charge in [0.1, 0.15) is 19.8 Å². The first-order valence-corrected chi connectivity index (χ1v) is 9.67. The summed E-state index contributed by atoms with van der Waals surface area (Å²) in [7, 11) is 0. The van der Waals surface area contributed by atoms with Crippen molar-refractivity contribution >= 4 is 49.2 Å². The number of hydrogen-bond donors (Lipinski definition) is 3. The maximum Gasteiger partial charge on any atom is 0.283 e. The van der Waals surface area contributed by atoms with Gasteiger partial charge in [0.15, 0.2) is 22.3 Å². The normalized spacial score (nSPS) is 13.4. The van der Waals surface area contributed by atoms with Gasteiger partial charge in [-0.3, -0.25) is 4.79 Å². The van der Waals surface area contributed by atoms with Crippen LogP contribution >= 0.6 is 11.3 Å². The predicted octanol–water partition coefficient (Wildman–Crippen LogP) is 3.98. The summed E-state index contributed by atoms with van der Waals surface area (Å²) in [5.41, 5.74) is 1.65. The van der Waals surface area contributed by atoms with Crippen molar-refractivity contribution in [3.8, 4) is 17.4 Å². The van der Waals surface area contributed by atoms with Crippen molar-refractivity contribution in [1.82, 2.24) is 9.97 Å². The number of nitrogens with zero attached hydrogens (tertiary/aromatic N) is 3. The van der Waals surface area contributed by atoms with Gasteiger partial charge in [-0.25, -0.2) is 4.98 Å². The molecule has 146 valence electrons. The van der Waals surface area contributed by atoms with Crippen molar-refractivity contribution in [2.24, 2.45) is 10.2 Å². The number of para-hydroxylation sites is 1. The second-order valence-electron chi connectivity index (χ2n) is 6.30. The molecule has 2 aromatic carbocycles. The summed E-state index contributed by atoms with van der Waals surface area (Å²) >= 11 is 1.46. The lowest BCUT2D eigenvalue weighted by Gasteiger charge is -2.17. The fourth-order valence-electron chi connectivity index (χ4n) is 3.04. The highest BCUT2D eigenvalue weighted by atomic mass is 32.1. The van der Waals surface area contributed by atoms with Gasteiger partial charge in [-0.2, -0.15) is 0 Å². The van der Waals surface area contributed by atoms with Gasteiger partial charge in [0.2, 0.25) is 5.88 Å². The number of fused-ring (bicyclic) bond motifs is 3. The number of rotatable bonds is 4. The zero-order valence-corrected chi connectivity index (χ0v) is 15.8. The molecule has 0 bridgehead atoms. The molecule has 0 unspecified atom stereocenters. The van der Waals surface area contributed by atoms with E-state index in [1.807, 2.05) is 24.3 Å². The Morgan fingerprint density at radius 1 is 1.24 bits per heavy atom. The molecule has 0 atom stereocenters. The Balaban J connectivity index is 1.33. The van der Waals surface area contributed by atoms with Gasteiger partial charge < -0.3 is 24.9 Å². The van der Waals surface area contributed by atoms with Gasteiger partial charge in [-0.1, -0.05) is 23.5 Å². The molecule has 3 N–H and O–H groups in total. The Labute approximate surface area is 168 Å². The summed E-state index contributed by atoms with van der Waals surface area (Å²) in [4.78, 5) is 19.3. The SMILES string of the molecule is O=C(CNc1nc2ccccc2s1)N=Nc1c(O)[nH]c2cc3c(cc12)OCCO3. The van der Waals surface area contributed by atoms with Crippen LogP contribution in [0.15, 0.2) is 46.6 Å². The maximum absolute atomic E-state index is 12.1. The van der Waals surface area contributed by atoms with Crippen LogP contribution in [0.4, 0.5) is 10.8 Å². The largest absolute Gasteiger partial charge is 0.493 e. The molecule has 0 spiro atoms. The number of azo groups is 1. The molecular formula is C19H15N5O4S.